The van der Waals surface area contributed by atoms with Gasteiger partial charge in [-0.1, -0.05) is 0 Å². The van der Waals surface area contributed by atoms with Crippen molar-refractivity contribution in [2.75, 3.05) is 26.5 Å². The third kappa shape index (κ3) is 2.79. The largest absolute Gasteiger partial charge is 0.382 e. The van der Waals surface area contributed by atoms with Crippen molar-refractivity contribution in [1.29, 1.82) is 0 Å². The van der Waals surface area contributed by atoms with Crippen LogP contribution in [0.1, 0.15) is 23.3 Å². The standard InChI is InChI=1S/C13H19N3O2/c1-16(2)13(17)12-8-9(4-5-14-12)15-10-6-11(7-10)18-3/h4-5,8,10-11H,6-7H2,1-3H3,(H,14,15). The minimum absolute atomic E-state index is 0.0815. The van der Waals surface area contributed by atoms with Gasteiger partial charge in [0.25, 0.3) is 5.91 Å². The molecule has 1 N–H and O–H groups in total. The molecule has 0 aliphatic heterocycles. The summed E-state index contributed by atoms with van der Waals surface area (Å²) >= 11 is 0. The van der Waals surface area contributed by atoms with Gasteiger partial charge in [-0.05, 0) is 25.0 Å². The molecule has 1 saturated carbocycles. The Morgan fingerprint density at radius 1 is 1.50 bits per heavy atom. The lowest BCUT2D eigenvalue weighted by Crippen LogP contribution is -2.40. The molecular weight excluding hydrogens is 230 g/mol. The Bertz CT molecular complexity index is 428. The Balaban J connectivity index is 1.98. The molecule has 0 spiro atoms. The van der Waals surface area contributed by atoms with Gasteiger partial charge in [-0.2, -0.15) is 0 Å². The summed E-state index contributed by atoms with van der Waals surface area (Å²) in [6, 6.07) is 4.11. The van der Waals surface area contributed by atoms with Crippen molar-refractivity contribution in [1.82, 2.24) is 9.88 Å². The minimum Gasteiger partial charge on any atom is -0.382 e. The van der Waals surface area contributed by atoms with Gasteiger partial charge in [0.05, 0.1) is 6.10 Å². The van der Waals surface area contributed by atoms with E-state index in [0.717, 1.165) is 18.5 Å². The van der Waals surface area contributed by atoms with E-state index >= 15 is 0 Å². The van der Waals surface area contributed by atoms with E-state index in [0.29, 0.717) is 17.8 Å². The van der Waals surface area contributed by atoms with Crippen LogP contribution in [0.25, 0.3) is 0 Å². The Morgan fingerprint density at radius 3 is 2.83 bits per heavy atom. The fourth-order valence-electron chi connectivity index (χ4n) is 1.98. The Morgan fingerprint density at radius 2 is 2.22 bits per heavy atom. The Kier molecular flexibility index (Phi) is 3.81. The molecule has 1 aliphatic carbocycles. The van der Waals surface area contributed by atoms with E-state index in [1.54, 1.807) is 33.5 Å². The van der Waals surface area contributed by atoms with Crippen LogP contribution in [0.4, 0.5) is 5.69 Å². The van der Waals surface area contributed by atoms with Gasteiger partial charge in [0.1, 0.15) is 5.69 Å². The van der Waals surface area contributed by atoms with E-state index in [1.807, 2.05) is 6.07 Å². The number of methoxy groups -OCH3 is 1. The van der Waals surface area contributed by atoms with Gasteiger partial charge in [0.15, 0.2) is 0 Å². The number of nitrogens with one attached hydrogen (secondary N) is 1. The lowest BCUT2D eigenvalue weighted by atomic mass is 9.89. The quantitative estimate of drug-likeness (QED) is 0.875. The number of nitrogens with zero attached hydrogens (tertiary/aromatic N) is 2. The van der Waals surface area contributed by atoms with Gasteiger partial charge in [-0.25, -0.2) is 0 Å². The van der Waals surface area contributed by atoms with Gasteiger partial charge in [-0.15, -0.1) is 0 Å². The van der Waals surface area contributed by atoms with Crippen molar-refractivity contribution in [3.8, 4) is 0 Å². The van der Waals surface area contributed by atoms with E-state index in [1.165, 1.54) is 4.90 Å². The summed E-state index contributed by atoms with van der Waals surface area (Å²) in [5.74, 6) is -0.0815. The average molecular weight is 249 g/mol. The second-order valence-corrected chi connectivity index (χ2v) is 4.80. The van der Waals surface area contributed by atoms with Crippen LogP contribution in [-0.4, -0.2) is 49.1 Å². The SMILES string of the molecule is COC1CC(Nc2ccnc(C(=O)N(C)C)c2)C1. The number of carbonyl (C=O) groups excluding carboxylic acids is 1. The lowest BCUT2D eigenvalue weighted by molar-refractivity contribution is 0.0328. The third-order valence-electron chi connectivity index (χ3n) is 3.18. The normalized spacial score (nSPS) is 22.2. The van der Waals surface area contributed by atoms with Gasteiger partial charge in [0, 0.05) is 39.1 Å². The first-order valence-electron chi connectivity index (χ1n) is 6.07. The number of anilines is 1. The summed E-state index contributed by atoms with van der Waals surface area (Å²) in [5.41, 5.74) is 1.40. The Hall–Kier alpha value is -1.62. The maximum atomic E-state index is 11.8. The van der Waals surface area contributed by atoms with Crippen LogP contribution in [0, 0.1) is 0 Å². The highest BCUT2D eigenvalue weighted by molar-refractivity contribution is 5.92. The van der Waals surface area contributed by atoms with Crippen LogP contribution in [0.15, 0.2) is 18.3 Å². The molecule has 1 aromatic heterocycles. The van der Waals surface area contributed by atoms with Crippen LogP contribution in [0.3, 0.4) is 0 Å². The highest BCUT2D eigenvalue weighted by Gasteiger charge is 2.28. The van der Waals surface area contributed by atoms with Crippen LogP contribution < -0.4 is 5.32 Å². The molecule has 0 bridgehead atoms. The fourth-order valence-corrected chi connectivity index (χ4v) is 1.98. The van der Waals surface area contributed by atoms with Crippen molar-refractivity contribution in [3.05, 3.63) is 24.0 Å². The first-order valence-corrected chi connectivity index (χ1v) is 6.07. The van der Waals surface area contributed by atoms with E-state index < -0.39 is 0 Å². The van der Waals surface area contributed by atoms with Crippen LogP contribution in [0.5, 0.6) is 0 Å². The maximum absolute atomic E-state index is 11.8. The molecule has 1 fully saturated rings. The Labute approximate surface area is 107 Å². The van der Waals surface area contributed by atoms with E-state index in [2.05, 4.69) is 10.3 Å². The third-order valence-corrected chi connectivity index (χ3v) is 3.18. The maximum Gasteiger partial charge on any atom is 0.272 e. The predicted octanol–water partition coefficient (Wildman–Crippen LogP) is 1.37. The molecule has 0 atom stereocenters. The summed E-state index contributed by atoms with van der Waals surface area (Å²) in [6.45, 7) is 0. The zero-order valence-electron chi connectivity index (χ0n) is 11.0. The van der Waals surface area contributed by atoms with Crippen LogP contribution in [0.2, 0.25) is 0 Å². The number of carbonyl (C=O) groups is 1. The molecule has 0 saturated heterocycles. The number of amides is 1. The van der Waals surface area contributed by atoms with E-state index in [4.69, 9.17) is 4.74 Å². The van der Waals surface area contributed by atoms with Crippen molar-refractivity contribution in [2.24, 2.45) is 0 Å². The second-order valence-electron chi connectivity index (χ2n) is 4.80. The number of pyridine rings is 1. The van der Waals surface area contributed by atoms with Crippen molar-refractivity contribution < 1.29 is 9.53 Å². The molecular formula is C13H19N3O2. The topological polar surface area (TPSA) is 54.5 Å². The van der Waals surface area contributed by atoms with Gasteiger partial charge in [0.2, 0.25) is 0 Å². The molecule has 5 nitrogen and oxygen atoms in total. The number of ether oxygens (including phenoxy) is 1. The lowest BCUT2D eigenvalue weighted by Gasteiger charge is -2.35. The fraction of sp³-hybridized carbons (Fsp3) is 0.538. The molecule has 1 heterocycles. The zero-order valence-corrected chi connectivity index (χ0v) is 11.0. The molecule has 1 aliphatic rings. The van der Waals surface area contributed by atoms with E-state index in [-0.39, 0.29) is 5.91 Å². The number of aromatic nitrogens is 1. The minimum atomic E-state index is -0.0815. The first kappa shape index (κ1) is 12.8. The molecule has 0 unspecified atom stereocenters. The molecule has 1 aromatic rings. The summed E-state index contributed by atoms with van der Waals surface area (Å²) in [6.07, 6.45) is 4.05. The molecule has 98 valence electrons. The van der Waals surface area contributed by atoms with Crippen molar-refractivity contribution >= 4 is 11.6 Å². The molecule has 2 rings (SSSR count). The van der Waals surface area contributed by atoms with Crippen molar-refractivity contribution in [3.63, 3.8) is 0 Å². The predicted molar refractivity (Wildman–Crippen MR) is 69.7 cm³/mol. The summed E-state index contributed by atoms with van der Waals surface area (Å²) in [7, 11) is 5.18. The highest BCUT2D eigenvalue weighted by Crippen LogP contribution is 2.26. The number of hydrogen-bond donors (Lipinski definition) is 1. The molecule has 5 heteroatoms. The smallest absolute Gasteiger partial charge is 0.272 e. The summed E-state index contributed by atoms with van der Waals surface area (Å²) in [4.78, 5) is 17.4. The molecule has 1 amide bonds. The highest BCUT2D eigenvalue weighted by atomic mass is 16.5. The molecule has 0 aromatic carbocycles. The second kappa shape index (κ2) is 5.35. The monoisotopic (exact) mass is 249 g/mol. The molecule has 18 heavy (non-hydrogen) atoms. The number of rotatable bonds is 4. The van der Waals surface area contributed by atoms with Gasteiger partial charge in [-0.3, -0.25) is 9.78 Å². The molecule has 0 radical (unpaired) electrons. The average Bonchev–Trinajstić information content (AvgIpc) is 2.32. The van der Waals surface area contributed by atoms with Crippen LogP contribution >= 0.6 is 0 Å². The first-order chi connectivity index (χ1) is 8.60. The zero-order chi connectivity index (χ0) is 13.1. The number of hydrogen-bond acceptors (Lipinski definition) is 4. The van der Waals surface area contributed by atoms with Gasteiger partial charge < -0.3 is 15.0 Å². The van der Waals surface area contributed by atoms with Crippen molar-refractivity contribution in [2.45, 2.75) is 25.0 Å². The summed E-state index contributed by atoms with van der Waals surface area (Å²) in [5, 5.41) is 3.39. The van der Waals surface area contributed by atoms with Crippen LogP contribution in [-0.2, 0) is 4.74 Å². The van der Waals surface area contributed by atoms with E-state index in [9.17, 15) is 4.79 Å². The summed E-state index contributed by atoms with van der Waals surface area (Å²) < 4.78 is 5.23. The van der Waals surface area contributed by atoms with Gasteiger partial charge >= 0.3 is 0 Å².